The van der Waals surface area contributed by atoms with E-state index in [2.05, 4.69) is 34.6 Å². The van der Waals surface area contributed by atoms with Crippen LogP contribution in [0.25, 0.3) is 0 Å². The summed E-state index contributed by atoms with van der Waals surface area (Å²) in [5.74, 6) is 1.99. The molecule has 0 spiro atoms. The van der Waals surface area contributed by atoms with Crippen LogP contribution < -0.4 is 10.6 Å². The molecule has 0 bridgehead atoms. The second-order valence-corrected chi connectivity index (χ2v) is 7.39. The van der Waals surface area contributed by atoms with Crippen LogP contribution in [0.1, 0.15) is 33.1 Å². The Morgan fingerprint density at radius 1 is 1.30 bits per heavy atom. The smallest absolute Gasteiger partial charge is 0.225 e. The summed E-state index contributed by atoms with van der Waals surface area (Å²) >= 11 is 0. The number of likely N-dealkylation sites (N-methyl/N-ethyl adjacent to an activating group) is 1. The van der Waals surface area contributed by atoms with Gasteiger partial charge in [-0.15, -0.1) is 0 Å². The number of hydrogen-bond donors (Lipinski definition) is 2. The maximum absolute atomic E-state index is 12.1. The van der Waals surface area contributed by atoms with Crippen LogP contribution >= 0.6 is 0 Å². The van der Waals surface area contributed by atoms with Crippen molar-refractivity contribution in [2.45, 2.75) is 45.2 Å². The second-order valence-electron chi connectivity index (χ2n) is 7.39. The second kappa shape index (κ2) is 7.99. The van der Waals surface area contributed by atoms with Crippen molar-refractivity contribution in [3.05, 3.63) is 0 Å². The maximum atomic E-state index is 12.1. The molecule has 1 aliphatic carbocycles. The van der Waals surface area contributed by atoms with Crippen LogP contribution in [0.5, 0.6) is 0 Å². The minimum atomic E-state index is 0.0746. The Morgan fingerprint density at radius 2 is 2.00 bits per heavy atom. The largest absolute Gasteiger partial charge is 0.355 e. The molecule has 2 unspecified atom stereocenters. The molecule has 0 aromatic carbocycles. The van der Waals surface area contributed by atoms with Crippen molar-refractivity contribution < 1.29 is 4.79 Å². The number of carbonyl (C=O) groups is 1. The summed E-state index contributed by atoms with van der Waals surface area (Å²) in [6.45, 7) is 6.45. The minimum absolute atomic E-state index is 0.0746. The van der Waals surface area contributed by atoms with Crippen LogP contribution in [0.3, 0.4) is 0 Å². The molecule has 1 amide bonds. The molecule has 0 aromatic rings. The molecular formula is C17H33N5O. The van der Waals surface area contributed by atoms with Gasteiger partial charge >= 0.3 is 0 Å². The van der Waals surface area contributed by atoms with Gasteiger partial charge < -0.3 is 20.4 Å². The Labute approximate surface area is 140 Å². The van der Waals surface area contributed by atoms with Crippen LogP contribution in [0.15, 0.2) is 4.99 Å². The van der Waals surface area contributed by atoms with Crippen molar-refractivity contribution in [1.29, 1.82) is 0 Å². The van der Waals surface area contributed by atoms with Crippen molar-refractivity contribution in [2.24, 2.45) is 16.8 Å². The molecule has 6 nitrogen and oxygen atoms in total. The van der Waals surface area contributed by atoms with E-state index >= 15 is 0 Å². The van der Waals surface area contributed by atoms with Gasteiger partial charge in [0.1, 0.15) is 0 Å². The molecule has 2 atom stereocenters. The van der Waals surface area contributed by atoms with E-state index < -0.39 is 0 Å². The number of nitrogens with zero attached hydrogens (tertiary/aromatic N) is 3. The number of hydrogen-bond acceptors (Lipinski definition) is 3. The molecule has 0 radical (unpaired) electrons. The van der Waals surface area contributed by atoms with Crippen molar-refractivity contribution >= 4 is 11.9 Å². The summed E-state index contributed by atoms with van der Waals surface area (Å²) in [6.07, 6.45) is 3.66. The first-order chi connectivity index (χ1) is 10.9. The van der Waals surface area contributed by atoms with Crippen molar-refractivity contribution in [3.8, 4) is 0 Å². The van der Waals surface area contributed by atoms with Crippen LogP contribution in [0.4, 0.5) is 0 Å². The minimum Gasteiger partial charge on any atom is -0.355 e. The van der Waals surface area contributed by atoms with Gasteiger partial charge in [-0.05, 0) is 39.3 Å². The monoisotopic (exact) mass is 323 g/mol. The Morgan fingerprint density at radius 3 is 2.52 bits per heavy atom. The lowest BCUT2D eigenvalue weighted by atomic mass is 10.1. The first-order valence-electron chi connectivity index (χ1n) is 8.84. The van der Waals surface area contributed by atoms with Gasteiger partial charge in [0.25, 0.3) is 0 Å². The Bertz CT molecular complexity index is 429. The third-order valence-electron chi connectivity index (χ3n) is 4.87. The maximum Gasteiger partial charge on any atom is 0.225 e. The van der Waals surface area contributed by atoms with E-state index in [9.17, 15) is 4.79 Å². The summed E-state index contributed by atoms with van der Waals surface area (Å²) in [7, 11) is 6.10. The highest BCUT2D eigenvalue weighted by Crippen LogP contribution is 2.34. The van der Waals surface area contributed by atoms with Gasteiger partial charge in [-0.3, -0.25) is 9.79 Å². The molecule has 2 rings (SSSR count). The molecule has 2 aliphatic rings. The first kappa shape index (κ1) is 18.0. The summed E-state index contributed by atoms with van der Waals surface area (Å²) in [5, 5.41) is 6.93. The number of likely N-dealkylation sites (tertiary alicyclic amines) is 1. The summed E-state index contributed by atoms with van der Waals surface area (Å²) in [5.41, 5.74) is 0. The van der Waals surface area contributed by atoms with Gasteiger partial charge in [-0.25, -0.2) is 0 Å². The fraction of sp³-hybridized carbons (Fsp3) is 0.882. The van der Waals surface area contributed by atoms with Gasteiger partial charge in [0, 0.05) is 44.7 Å². The lowest BCUT2D eigenvalue weighted by molar-refractivity contribution is -0.133. The van der Waals surface area contributed by atoms with E-state index in [0.717, 1.165) is 37.9 Å². The predicted molar refractivity (Wildman–Crippen MR) is 94.5 cm³/mol. The normalized spacial score (nSPS) is 23.5. The average Bonchev–Trinajstić information content (AvgIpc) is 3.23. The topological polar surface area (TPSA) is 60.0 Å². The first-order valence-corrected chi connectivity index (χ1v) is 8.84. The van der Waals surface area contributed by atoms with Crippen LogP contribution in [-0.4, -0.2) is 74.5 Å². The molecular weight excluding hydrogens is 290 g/mol. The highest BCUT2D eigenvalue weighted by atomic mass is 16.2. The standard InChI is InChI=1S/C17H33N5O/c1-12(2)16(23)22-9-8-14(11-22)20-17(18-3)19-10-15(21(4)5)13-6-7-13/h12-15H,6-11H2,1-5H3,(H2,18,19,20). The zero-order valence-electron chi connectivity index (χ0n) is 15.3. The molecule has 1 saturated heterocycles. The van der Waals surface area contributed by atoms with E-state index in [1.54, 1.807) is 0 Å². The molecule has 1 saturated carbocycles. The van der Waals surface area contributed by atoms with E-state index in [1.165, 1.54) is 12.8 Å². The Kier molecular flexibility index (Phi) is 6.27. The van der Waals surface area contributed by atoms with Gasteiger partial charge in [0.2, 0.25) is 5.91 Å². The van der Waals surface area contributed by atoms with Crippen molar-refractivity contribution in [3.63, 3.8) is 0 Å². The molecule has 23 heavy (non-hydrogen) atoms. The van der Waals surface area contributed by atoms with E-state index in [0.29, 0.717) is 12.1 Å². The lowest BCUT2D eigenvalue weighted by Gasteiger charge is -2.26. The fourth-order valence-corrected chi connectivity index (χ4v) is 3.28. The quantitative estimate of drug-likeness (QED) is 0.559. The van der Waals surface area contributed by atoms with Crippen LogP contribution in [0, 0.1) is 11.8 Å². The molecule has 1 heterocycles. The highest BCUT2D eigenvalue weighted by molar-refractivity contribution is 5.81. The molecule has 2 N–H and O–H groups in total. The van der Waals surface area contributed by atoms with Crippen LogP contribution in [-0.2, 0) is 4.79 Å². The zero-order chi connectivity index (χ0) is 17.0. The van der Waals surface area contributed by atoms with Gasteiger partial charge in [0.05, 0.1) is 0 Å². The van der Waals surface area contributed by atoms with Crippen molar-refractivity contribution in [2.75, 3.05) is 40.8 Å². The molecule has 2 fully saturated rings. The lowest BCUT2D eigenvalue weighted by Crippen LogP contribution is -2.49. The van der Waals surface area contributed by atoms with E-state index in [-0.39, 0.29) is 11.8 Å². The third kappa shape index (κ3) is 5.09. The fourth-order valence-electron chi connectivity index (χ4n) is 3.28. The highest BCUT2D eigenvalue weighted by Gasteiger charge is 2.33. The van der Waals surface area contributed by atoms with Gasteiger partial charge in [0.15, 0.2) is 5.96 Å². The number of rotatable bonds is 6. The number of nitrogens with one attached hydrogen (secondary N) is 2. The SMILES string of the molecule is CN=C(NCC(C1CC1)N(C)C)NC1CCN(C(=O)C(C)C)C1. The zero-order valence-corrected chi connectivity index (χ0v) is 15.3. The van der Waals surface area contributed by atoms with Gasteiger partial charge in [-0.1, -0.05) is 13.8 Å². The van der Waals surface area contributed by atoms with Crippen LogP contribution in [0.2, 0.25) is 0 Å². The summed E-state index contributed by atoms with van der Waals surface area (Å²) in [4.78, 5) is 20.7. The number of guanidine groups is 1. The van der Waals surface area contributed by atoms with Gasteiger partial charge in [-0.2, -0.15) is 0 Å². The van der Waals surface area contributed by atoms with E-state index in [4.69, 9.17) is 0 Å². The molecule has 0 aromatic heterocycles. The third-order valence-corrected chi connectivity index (χ3v) is 4.87. The number of aliphatic imine (C=N–C) groups is 1. The summed E-state index contributed by atoms with van der Waals surface area (Å²) in [6, 6.07) is 0.860. The molecule has 6 heteroatoms. The predicted octanol–water partition coefficient (Wildman–Crippen LogP) is 0.749. The van der Waals surface area contributed by atoms with Crippen molar-refractivity contribution in [1.82, 2.24) is 20.4 Å². The Hall–Kier alpha value is -1.30. The molecule has 1 aliphatic heterocycles. The number of amides is 1. The summed E-state index contributed by atoms with van der Waals surface area (Å²) < 4.78 is 0. The molecule has 132 valence electrons. The number of carbonyl (C=O) groups excluding carboxylic acids is 1. The average molecular weight is 323 g/mol. The van der Waals surface area contributed by atoms with E-state index in [1.807, 2.05) is 25.8 Å². The Balaban J connectivity index is 1.78.